The lowest BCUT2D eigenvalue weighted by atomic mass is 9.82. The maximum absolute atomic E-state index is 7.46. The first-order valence-electron chi connectivity index (χ1n) is 13.9. The minimum atomic E-state index is -0.122. The van der Waals surface area contributed by atoms with Crippen molar-refractivity contribution in [2.45, 2.75) is 19.3 Å². The van der Waals surface area contributed by atoms with Gasteiger partial charge in [0.2, 0.25) is 0 Å². The normalized spacial score (nSPS) is 13.0. The number of nitrogens with zero attached hydrogens (tertiary/aromatic N) is 2. The fraction of sp³-hybridized carbons (Fsp3) is 0.0789. The first-order valence-corrected chi connectivity index (χ1v) is 14.3. The molecule has 1 aliphatic carbocycles. The number of benzene rings is 5. The summed E-state index contributed by atoms with van der Waals surface area (Å²) in [6.07, 6.45) is 0. The van der Waals surface area contributed by atoms with E-state index in [9.17, 15) is 0 Å². The second-order valence-electron chi connectivity index (χ2n) is 11.0. The Bertz CT molecular complexity index is 1800. The van der Waals surface area contributed by atoms with Gasteiger partial charge in [-0.25, -0.2) is 4.98 Å². The predicted molar refractivity (Wildman–Crippen MR) is 172 cm³/mol. The van der Waals surface area contributed by atoms with Crippen molar-refractivity contribution < 1.29 is 0 Å². The molecular weight excluding hydrogens is 520 g/mol. The van der Waals surface area contributed by atoms with Crippen LogP contribution in [0.2, 0.25) is 5.02 Å². The molecule has 0 N–H and O–H groups in total. The zero-order chi connectivity index (χ0) is 28.0. The van der Waals surface area contributed by atoms with E-state index in [0.29, 0.717) is 0 Å². The van der Waals surface area contributed by atoms with Gasteiger partial charge in [0.25, 0.3) is 0 Å². The monoisotopic (exact) mass is 548 g/mol. The van der Waals surface area contributed by atoms with Gasteiger partial charge in [-0.3, -0.25) is 0 Å². The first-order chi connectivity index (χ1) is 20.0. The molecule has 7 rings (SSSR count). The molecule has 41 heavy (non-hydrogen) atoms. The summed E-state index contributed by atoms with van der Waals surface area (Å²) >= 11 is 7.46. The van der Waals surface area contributed by atoms with Crippen molar-refractivity contribution in [1.82, 2.24) is 4.98 Å². The van der Waals surface area contributed by atoms with Crippen molar-refractivity contribution in [2.24, 2.45) is 0 Å². The van der Waals surface area contributed by atoms with E-state index in [4.69, 9.17) is 16.6 Å². The summed E-state index contributed by atoms with van der Waals surface area (Å²) in [5.41, 5.74) is 11.7. The van der Waals surface area contributed by atoms with Gasteiger partial charge in [-0.2, -0.15) is 0 Å². The molecule has 0 bridgehead atoms. The van der Waals surface area contributed by atoms with E-state index < -0.39 is 0 Å². The Kier molecular flexibility index (Phi) is 6.22. The average Bonchev–Trinajstić information content (AvgIpc) is 3.26. The molecule has 0 spiro atoms. The summed E-state index contributed by atoms with van der Waals surface area (Å²) in [6, 6.07) is 48.5. The third-order valence-electron chi connectivity index (χ3n) is 8.13. The van der Waals surface area contributed by atoms with E-state index in [1.165, 1.54) is 16.7 Å². The van der Waals surface area contributed by atoms with Gasteiger partial charge in [0, 0.05) is 27.8 Å². The molecule has 0 saturated carbocycles. The molecule has 0 fully saturated rings. The Morgan fingerprint density at radius 2 is 1.10 bits per heavy atom. The summed E-state index contributed by atoms with van der Waals surface area (Å²) in [5, 5.41) is 0.753. The summed E-state index contributed by atoms with van der Waals surface area (Å²) in [7, 11) is 0. The molecule has 1 aromatic heterocycles. The van der Waals surface area contributed by atoms with Crippen LogP contribution in [0.1, 0.15) is 25.0 Å². The lowest BCUT2D eigenvalue weighted by Gasteiger charge is -2.29. The number of anilines is 3. The highest BCUT2D eigenvalue weighted by atomic mass is 35.5. The molecule has 0 radical (unpaired) electrons. The van der Waals surface area contributed by atoms with Crippen molar-refractivity contribution in [3.05, 3.63) is 156 Å². The molecule has 0 atom stereocenters. The maximum Gasteiger partial charge on any atom is 0.0730 e. The molecule has 0 unspecified atom stereocenters. The molecule has 5 aromatic carbocycles. The van der Waals surface area contributed by atoms with Gasteiger partial charge in [0.05, 0.1) is 27.8 Å². The van der Waals surface area contributed by atoms with E-state index in [0.717, 1.165) is 50.2 Å². The molecular formula is C38H29ClN2. The Labute approximate surface area is 246 Å². The third kappa shape index (κ3) is 4.32. The standard InChI is InChI=1S/C38H29ClN2/c1-38(2)31-21-13-12-20-30(31)36-32(38)22-23-35(37(36)39)41(28-18-10-5-11-19-28)29-24-33(26-14-6-3-7-15-26)40-34(25-29)27-16-8-4-9-17-27/h3-25H,1-2H3. The van der Waals surface area contributed by atoms with E-state index in [-0.39, 0.29) is 5.41 Å². The predicted octanol–water partition coefficient (Wildman–Crippen LogP) is 10.8. The zero-order valence-corrected chi connectivity index (χ0v) is 23.8. The fourth-order valence-corrected chi connectivity index (χ4v) is 6.43. The average molecular weight is 549 g/mol. The van der Waals surface area contributed by atoms with Crippen LogP contribution in [0.15, 0.2) is 140 Å². The van der Waals surface area contributed by atoms with Crippen molar-refractivity contribution in [3.63, 3.8) is 0 Å². The van der Waals surface area contributed by atoms with E-state index in [1.807, 2.05) is 18.2 Å². The van der Waals surface area contributed by atoms with Gasteiger partial charge < -0.3 is 4.90 Å². The summed E-state index contributed by atoms with van der Waals surface area (Å²) in [6.45, 7) is 4.56. The third-order valence-corrected chi connectivity index (χ3v) is 8.51. The topological polar surface area (TPSA) is 16.1 Å². The van der Waals surface area contributed by atoms with E-state index in [1.54, 1.807) is 0 Å². The van der Waals surface area contributed by atoms with Gasteiger partial charge in [-0.1, -0.05) is 135 Å². The zero-order valence-electron chi connectivity index (χ0n) is 23.1. The Hall–Kier alpha value is -4.66. The number of fused-ring (bicyclic) bond motifs is 3. The number of para-hydroxylation sites is 1. The number of aromatic nitrogens is 1. The quantitative estimate of drug-likeness (QED) is 0.213. The molecule has 0 saturated heterocycles. The minimum Gasteiger partial charge on any atom is -0.309 e. The van der Waals surface area contributed by atoms with Gasteiger partial charge in [0.15, 0.2) is 0 Å². The van der Waals surface area contributed by atoms with Crippen LogP contribution >= 0.6 is 11.6 Å². The molecule has 0 aliphatic heterocycles. The number of hydrogen-bond acceptors (Lipinski definition) is 2. The number of hydrogen-bond donors (Lipinski definition) is 0. The van der Waals surface area contributed by atoms with Crippen molar-refractivity contribution in [3.8, 4) is 33.6 Å². The Morgan fingerprint density at radius 1 is 0.561 bits per heavy atom. The van der Waals surface area contributed by atoms with Crippen LogP contribution in [0.25, 0.3) is 33.6 Å². The van der Waals surface area contributed by atoms with Gasteiger partial charge >= 0.3 is 0 Å². The van der Waals surface area contributed by atoms with Crippen LogP contribution in [0.5, 0.6) is 0 Å². The highest BCUT2D eigenvalue weighted by molar-refractivity contribution is 6.37. The van der Waals surface area contributed by atoms with Crippen molar-refractivity contribution in [1.29, 1.82) is 0 Å². The van der Waals surface area contributed by atoms with Crippen molar-refractivity contribution in [2.75, 3.05) is 4.90 Å². The summed E-state index contributed by atoms with van der Waals surface area (Å²) in [5.74, 6) is 0. The Morgan fingerprint density at radius 3 is 1.71 bits per heavy atom. The number of rotatable bonds is 5. The fourth-order valence-electron chi connectivity index (χ4n) is 6.08. The SMILES string of the molecule is CC1(C)c2ccccc2-c2c1ccc(N(c1ccccc1)c1cc(-c3ccccc3)nc(-c3ccccc3)c1)c2Cl. The lowest BCUT2D eigenvalue weighted by molar-refractivity contribution is 0.660. The summed E-state index contributed by atoms with van der Waals surface area (Å²) in [4.78, 5) is 7.37. The molecule has 0 amide bonds. The molecule has 6 aromatic rings. The molecule has 3 heteroatoms. The van der Waals surface area contributed by atoms with E-state index in [2.05, 4.69) is 140 Å². The van der Waals surface area contributed by atoms with Gasteiger partial charge in [-0.15, -0.1) is 0 Å². The van der Waals surface area contributed by atoms with Crippen LogP contribution in [0.3, 0.4) is 0 Å². The number of halogens is 1. The Balaban J connectivity index is 1.49. The highest BCUT2D eigenvalue weighted by Gasteiger charge is 2.37. The molecule has 198 valence electrons. The van der Waals surface area contributed by atoms with E-state index >= 15 is 0 Å². The largest absolute Gasteiger partial charge is 0.309 e. The number of pyridine rings is 1. The van der Waals surface area contributed by atoms with Crippen LogP contribution in [-0.2, 0) is 5.41 Å². The van der Waals surface area contributed by atoms with Crippen LogP contribution in [0.4, 0.5) is 17.1 Å². The lowest BCUT2D eigenvalue weighted by Crippen LogP contribution is -2.16. The maximum atomic E-state index is 7.46. The molecule has 1 aliphatic rings. The minimum absolute atomic E-state index is 0.122. The molecule has 1 heterocycles. The second-order valence-corrected chi connectivity index (χ2v) is 11.4. The van der Waals surface area contributed by atoms with Crippen LogP contribution in [0, 0.1) is 0 Å². The van der Waals surface area contributed by atoms with Crippen molar-refractivity contribution >= 4 is 28.7 Å². The highest BCUT2D eigenvalue weighted by Crippen LogP contribution is 2.54. The first kappa shape index (κ1) is 25.3. The molecule has 2 nitrogen and oxygen atoms in total. The van der Waals surface area contributed by atoms with Crippen LogP contribution in [-0.4, -0.2) is 4.98 Å². The van der Waals surface area contributed by atoms with Crippen LogP contribution < -0.4 is 4.90 Å². The smallest absolute Gasteiger partial charge is 0.0730 e. The summed E-state index contributed by atoms with van der Waals surface area (Å²) < 4.78 is 0. The second kappa shape index (κ2) is 10.1. The van der Waals surface area contributed by atoms with Gasteiger partial charge in [0.1, 0.15) is 0 Å². The van der Waals surface area contributed by atoms with Gasteiger partial charge in [-0.05, 0) is 47.0 Å².